The van der Waals surface area contributed by atoms with Crippen LogP contribution in [0.4, 0.5) is 0 Å². The third-order valence-electron chi connectivity index (χ3n) is 2.47. The Morgan fingerprint density at radius 1 is 1.50 bits per heavy atom. The second kappa shape index (κ2) is 5.07. The molecule has 0 unspecified atom stereocenters. The molecule has 0 radical (unpaired) electrons. The van der Waals surface area contributed by atoms with E-state index in [2.05, 4.69) is 10.1 Å². The maximum atomic E-state index is 11.3. The molecular formula is C10H14N2O4. The van der Waals surface area contributed by atoms with Crippen molar-refractivity contribution in [2.75, 3.05) is 19.8 Å². The summed E-state index contributed by atoms with van der Waals surface area (Å²) in [4.78, 5) is 15.4. The largest absolute Gasteiger partial charge is 0.460 e. The van der Waals surface area contributed by atoms with E-state index in [0.29, 0.717) is 25.7 Å². The molecule has 1 aromatic heterocycles. The van der Waals surface area contributed by atoms with Crippen LogP contribution in [0.2, 0.25) is 0 Å². The second-order valence-electron chi connectivity index (χ2n) is 3.56. The van der Waals surface area contributed by atoms with Crippen LogP contribution >= 0.6 is 0 Å². The average Bonchev–Trinajstić information content (AvgIpc) is 2.80. The van der Waals surface area contributed by atoms with Gasteiger partial charge in [-0.25, -0.2) is 4.79 Å². The number of hydrogen-bond acceptors (Lipinski definition) is 6. The number of esters is 1. The maximum Gasteiger partial charge on any atom is 0.379 e. The lowest BCUT2D eigenvalue weighted by molar-refractivity contribution is 0.0508. The standard InChI is InChI=1S/C10H14N2O4/c1-2-15-10(13)8-11-9(16-12-8)7-3-5-14-6-4-7/h7H,2-6H2,1H3. The fraction of sp³-hybridized carbons (Fsp3) is 0.700. The molecule has 0 atom stereocenters. The highest BCUT2D eigenvalue weighted by molar-refractivity contribution is 5.84. The molecule has 1 aliphatic heterocycles. The summed E-state index contributed by atoms with van der Waals surface area (Å²) < 4.78 is 15.1. The number of ether oxygens (including phenoxy) is 2. The van der Waals surface area contributed by atoms with Gasteiger partial charge in [0.1, 0.15) is 0 Å². The highest BCUT2D eigenvalue weighted by Gasteiger charge is 2.24. The number of hydrogen-bond donors (Lipinski definition) is 0. The maximum absolute atomic E-state index is 11.3. The molecular weight excluding hydrogens is 212 g/mol. The molecule has 2 heterocycles. The van der Waals surface area contributed by atoms with Gasteiger partial charge in [-0.05, 0) is 24.9 Å². The first-order valence-electron chi connectivity index (χ1n) is 5.39. The summed E-state index contributed by atoms with van der Waals surface area (Å²) in [6.45, 7) is 3.43. The molecule has 1 saturated heterocycles. The van der Waals surface area contributed by atoms with E-state index in [-0.39, 0.29) is 11.7 Å². The van der Waals surface area contributed by atoms with Gasteiger partial charge in [-0.3, -0.25) is 0 Å². The first-order valence-corrected chi connectivity index (χ1v) is 5.39. The lowest BCUT2D eigenvalue weighted by atomic mass is 10.0. The van der Waals surface area contributed by atoms with Gasteiger partial charge in [-0.2, -0.15) is 4.98 Å². The molecule has 2 rings (SSSR count). The first kappa shape index (κ1) is 11.1. The van der Waals surface area contributed by atoms with E-state index in [9.17, 15) is 4.79 Å². The number of rotatable bonds is 3. The lowest BCUT2D eigenvalue weighted by Crippen LogP contribution is -2.14. The topological polar surface area (TPSA) is 74.5 Å². The molecule has 0 amide bonds. The van der Waals surface area contributed by atoms with Crippen LogP contribution in [0.15, 0.2) is 4.52 Å². The van der Waals surface area contributed by atoms with E-state index >= 15 is 0 Å². The number of nitrogens with zero attached hydrogens (tertiary/aromatic N) is 2. The van der Waals surface area contributed by atoms with Crippen molar-refractivity contribution < 1.29 is 18.8 Å². The molecule has 1 aromatic rings. The first-order chi connectivity index (χ1) is 7.81. The van der Waals surface area contributed by atoms with Gasteiger partial charge in [0.25, 0.3) is 5.82 Å². The molecule has 1 aliphatic rings. The molecule has 6 nitrogen and oxygen atoms in total. The molecule has 0 N–H and O–H groups in total. The quantitative estimate of drug-likeness (QED) is 0.719. The van der Waals surface area contributed by atoms with Crippen LogP contribution in [-0.4, -0.2) is 35.9 Å². The summed E-state index contributed by atoms with van der Waals surface area (Å²) >= 11 is 0. The number of carbonyl (C=O) groups is 1. The van der Waals surface area contributed by atoms with Gasteiger partial charge in [0.2, 0.25) is 5.89 Å². The fourth-order valence-corrected chi connectivity index (χ4v) is 1.62. The monoisotopic (exact) mass is 226 g/mol. The van der Waals surface area contributed by atoms with Gasteiger partial charge < -0.3 is 14.0 Å². The van der Waals surface area contributed by atoms with E-state index < -0.39 is 5.97 Å². The predicted octanol–water partition coefficient (Wildman–Crippen LogP) is 1.14. The zero-order valence-electron chi connectivity index (χ0n) is 9.14. The summed E-state index contributed by atoms with van der Waals surface area (Å²) in [5.41, 5.74) is 0. The Hall–Kier alpha value is -1.43. The van der Waals surface area contributed by atoms with Gasteiger partial charge in [-0.1, -0.05) is 0 Å². The lowest BCUT2D eigenvalue weighted by Gasteiger charge is -2.17. The van der Waals surface area contributed by atoms with Crippen molar-refractivity contribution >= 4 is 5.97 Å². The van der Waals surface area contributed by atoms with Crippen molar-refractivity contribution in [3.8, 4) is 0 Å². The van der Waals surface area contributed by atoms with Crippen molar-refractivity contribution in [2.45, 2.75) is 25.7 Å². The molecule has 16 heavy (non-hydrogen) atoms. The number of carbonyl (C=O) groups excluding carboxylic acids is 1. The van der Waals surface area contributed by atoms with Gasteiger partial charge in [0, 0.05) is 19.1 Å². The van der Waals surface area contributed by atoms with Crippen LogP contribution in [-0.2, 0) is 9.47 Å². The summed E-state index contributed by atoms with van der Waals surface area (Å²) in [5.74, 6) is 0.170. The molecule has 0 aromatic carbocycles. The third-order valence-corrected chi connectivity index (χ3v) is 2.47. The smallest absolute Gasteiger partial charge is 0.379 e. The van der Waals surface area contributed by atoms with Crippen LogP contribution in [0.3, 0.4) is 0 Å². The van der Waals surface area contributed by atoms with Gasteiger partial charge >= 0.3 is 5.97 Å². The van der Waals surface area contributed by atoms with Crippen molar-refractivity contribution in [3.63, 3.8) is 0 Å². The Morgan fingerprint density at radius 2 is 2.25 bits per heavy atom. The average molecular weight is 226 g/mol. The Labute approximate surface area is 92.9 Å². The Kier molecular flexibility index (Phi) is 3.51. The predicted molar refractivity (Wildman–Crippen MR) is 53.0 cm³/mol. The third kappa shape index (κ3) is 2.38. The second-order valence-corrected chi connectivity index (χ2v) is 3.56. The van der Waals surface area contributed by atoms with Crippen LogP contribution in [0, 0.1) is 0 Å². The minimum absolute atomic E-state index is 0.00309. The van der Waals surface area contributed by atoms with Crippen LogP contribution < -0.4 is 0 Å². The van der Waals surface area contributed by atoms with Gasteiger partial charge in [0.15, 0.2) is 0 Å². The van der Waals surface area contributed by atoms with Crippen LogP contribution in [0.25, 0.3) is 0 Å². The fourth-order valence-electron chi connectivity index (χ4n) is 1.62. The molecule has 0 bridgehead atoms. The SMILES string of the molecule is CCOC(=O)c1noc(C2CCOCC2)n1. The van der Waals surface area contributed by atoms with Gasteiger partial charge in [-0.15, -0.1) is 0 Å². The molecule has 6 heteroatoms. The van der Waals surface area contributed by atoms with Crippen LogP contribution in [0.5, 0.6) is 0 Å². The Morgan fingerprint density at radius 3 is 2.94 bits per heavy atom. The van der Waals surface area contributed by atoms with Crippen molar-refractivity contribution in [1.82, 2.24) is 10.1 Å². The van der Waals surface area contributed by atoms with E-state index in [1.54, 1.807) is 6.92 Å². The highest BCUT2D eigenvalue weighted by Crippen LogP contribution is 2.25. The van der Waals surface area contributed by atoms with Crippen molar-refractivity contribution in [2.24, 2.45) is 0 Å². The number of aromatic nitrogens is 2. The van der Waals surface area contributed by atoms with Gasteiger partial charge in [0.05, 0.1) is 6.61 Å². The van der Waals surface area contributed by atoms with E-state index in [4.69, 9.17) is 14.0 Å². The minimum atomic E-state index is -0.537. The van der Waals surface area contributed by atoms with Crippen LogP contribution in [0.1, 0.15) is 42.2 Å². The zero-order valence-corrected chi connectivity index (χ0v) is 9.14. The molecule has 1 fully saturated rings. The summed E-state index contributed by atoms with van der Waals surface area (Å²) in [5, 5.41) is 3.61. The van der Waals surface area contributed by atoms with E-state index in [1.165, 1.54) is 0 Å². The van der Waals surface area contributed by atoms with E-state index in [1.807, 2.05) is 0 Å². The van der Waals surface area contributed by atoms with Crippen molar-refractivity contribution in [3.05, 3.63) is 11.7 Å². The highest BCUT2D eigenvalue weighted by atomic mass is 16.5. The molecule has 0 spiro atoms. The molecule has 0 aliphatic carbocycles. The molecule has 88 valence electrons. The molecule has 0 saturated carbocycles. The summed E-state index contributed by atoms with van der Waals surface area (Å²) in [6.07, 6.45) is 1.70. The zero-order chi connectivity index (χ0) is 11.4. The Balaban J connectivity index is 2.03. The van der Waals surface area contributed by atoms with Crippen molar-refractivity contribution in [1.29, 1.82) is 0 Å². The normalized spacial score (nSPS) is 17.3. The Bertz CT molecular complexity index is 357. The summed E-state index contributed by atoms with van der Waals surface area (Å²) in [6, 6.07) is 0. The van der Waals surface area contributed by atoms with E-state index in [0.717, 1.165) is 12.8 Å². The minimum Gasteiger partial charge on any atom is -0.460 e. The summed E-state index contributed by atoms with van der Waals surface area (Å²) in [7, 11) is 0.